The number of carbonyl (C=O) groups excluding carboxylic acids is 2. The molecule has 2 heterocycles. The first kappa shape index (κ1) is 24.7. The van der Waals surface area contributed by atoms with E-state index in [0.717, 1.165) is 22.3 Å². The lowest BCUT2D eigenvalue weighted by atomic mass is 10.0. The van der Waals surface area contributed by atoms with Gasteiger partial charge in [-0.3, -0.25) is 19.3 Å². The molecule has 33 heavy (non-hydrogen) atoms. The molecule has 0 saturated carbocycles. The smallest absolute Gasteiger partial charge is 0.265 e. The molecule has 0 fully saturated rings. The van der Waals surface area contributed by atoms with Gasteiger partial charge in [-0.1, -0.05) is 17.7 Å². The number of nitrogens with one attached hydrogen (secondary N) is 2. The van der Waals surface area contributed by atoms with E-state index < -0.39 is 10.0 Å². The van der Waals surface area contributed by atoms with Gasteiger partial charge in [-0.25, -0.2) is 8.42 Å². The lowest BCUT2D eigenvalue weighted by molar-refractivity contribution is -0.127. The number of hydrogen-bond acceptors (Lipinski definition) is 6. The number of carbonyl (C=O) groups is 2. The molecule has 0 atom stereocenters. The summed E-state index contributed by atoms with van der Waals surface area (Å²) in [5.41, 5.74) is 2.80. The summed E-state index contributed by atoms with van der Waals surface area (Å²) in [6, 6.07) is 9.82. The topological polar surface area (TPSA) is 108 Å². The lowest BCUT2D eigenvalue weighted by Crippen LogP contribution is -2.23. The van der Waals surface area contributed by atoms with Crippen LogP contribution in [0.3, 0.4) is 0 Å². The van der Waals surface area contributed by atoms with Gasteiger partial charge in [0.15, 0.2) is 0 Å². The average molecular weight is 507 g/mol. The molecule has 2 N–H and O–H groups in total. The predicted octanol–water partition coefficient (Wildman–Crippen LogP) is 4.03. The quantitative estimate of drug-likeness (QED) is 0.503. The number of thiophene rings is 1. The van der Waals surface area contributed by atoms with Crippen molar-refractivity contribution in [3.8, 4) is 11.3 Å². The number of hydrogen-bond donors (Lipinski definition) is 2. The van der Waals surface area contributed by atoms with E-state index >= 15 is 0 Å². The van der Waals surface area contributed by atoms with E-state index in [4.69, 9.17) is 11.6 Å². The number of sulfonamides is 1. The molecular weight excluding hydrogens is 484 g/mol. The summed E-state index contributed by atoms with van der Waals surface area (Å²) >= 11 is 7.37. The SMILES string of the molecule is Cc1sc(C(=O)Nc2cc(Cl)cc(NS(C)(=O)=O)c2)cc1-c1ncccc1CC(=O)N(C)C. The monoisotopic (exact) mass is 506 g/mol. The van der Waals surface area contributed by atoms with Crippen molar-refractivity contribution >= 4 is 56.2 Å². The first-order valence-electron chi connectivity index (χ1n) is 9.77. The number of amides is 2. The summed E-state index contributed by atoms with van der Waals surface area (Å²) in [5.74, 6) is -0.418. The van der Waals surface area contributed by atoms with E-state index in [0.29, 0.717) is 16.3 Å². The number of rotatable bonds is 7. The van der Waals surface area contributed by atoms with Crippen molar-refractivity contribution in [3.63, 3.8) is 0 Å². The molecule has 3 aromatic rings. The minimum Gasteiger partial charge on any atom is -0.349 e. The summed E-state index contributed by atoms with van der Waals surface area (Å²) in [7, 11) is -0.100. The first-order valence-corrected chi connectivity index (χ1v) is 12.9. The maximum absolute atomic E-state index is 12.9. The summed E-state index contributed by atoms with van der Waals surface area (Å²) in [6.07, 6.45) is 2.88. The molecule has 0 saturated heterocycles. The van der Waals surface area contributed by atoms with Crippen molar-refractivity contribution < 1.29 is 18.0 Å². The zero-order valence-corrected chi connectivity index (χ0v) is 20.9. The van der Waals surface area contributed by atoms with Crippen LogP contribution in [0.1, 0.15) is 20.1 Å². The zero-order chi connectivity index (χ0) is 24.3. The largest absolute Gasteiger partial charge is 0.349 e. The van der Waals surface area contributed by atoms with Crippen LogP contribution in [0, 0.1) is 6.92 Å². The van der Waals surface area contributed by atoms with Crippen LogP contribution >= 0.6 is 22.9 Å². The van der Waals surface area contributed by atoms with Gasteiger partial charge >= 0.3 is 0 Å². The standard InChI is InChI=1S/C22H23ClN4O4S2/c1-13-18(21-14(6-5-7-24-21)8-20(28)27(2)3)12-19(32-13)22(29)25-16-9-15(23)10-17(11-16)26-33(4,30)31/h5-7,9-12,26H,8H2,1-4H3,(H,25,29). The van der Waals surface area contributed by atoms with Crippen LogP contribution in [-0.4, -0.2) is 50.5 Å². The number of aromatic nitrogens is 1. The summed E-state index contributed by atoms with van der Waals surface area (Å²) in [4.78, 5) is 32.4. The van der Waals surface area contributed by atoms with Crippen LogP contribution < -0.4 is 10.0 Å². The van der Waals surface area contributed by atoms with Crippen LogP contribution in [0.5, 0.6) is 0 Å². The van der Waals surface area contributed by atoms with Crippen molar-refractivity contribution in [2.45, 2.75) is 13.3 Å². The van der Waals surface area contributed by atoms with Crippen LogP contribution in [0.15, 0.2) is 42.6 Å². The predicted molar refractivity (Wildman–Crippen MR) is 133 cm³/mol. The molecular formula is C22H23ClN4O4S2. The van der Waals surface area contributed by atoms with Crippen molar-refractivity contribution in [3.05, 3.63) is 62.9 Å². The third kappa shape index (κ3) is 6.53. The second-order valence-electron chi connectivity index (χ2n) is 7.61. The molecule has 0 spiro atoms. The highest BCUT2D eigenvalue weighted by molar-refractivity contribution is 7.92. The Morgan fingerprint density at radius 2 is 1.85 bits per heavy atom. The first-order chi connectivity index (χ1) is 15.4. The Morgan fingerprint density at radius 3 is 2.52 bits per heavy atom. The van der Waals surface area contributed by atoms with Crippen molar-refractivity contribution in [2.75, 3.05) is 30.4 Å². The molecule has 11 heteroatoms. The molecule has 8 nitrogen and oxygen atoms in total. The molecule has 0 radical (unpaired) electrons. The van der Waals surface area contributed by atoms with E-state index in [1.807, 2.05) is 13.0 Å². The molecule has 2 aromatic heterocycles. The molecule has 1 aromatic carbocycles. The Morgan fingerprint density at radius 1 is 1.15 bits per heavy atom. The van der Waals surface area contributed by atoms with Gasteiger partial charge in [0.25, 0.3) is 5.91 Å². The Balaban J connectivity index is 1.87. The molecule has 0 aliphatic carbocycles. The normalized spacial score (nSPS) is 11.2. The van der Waals surface area contributed by atoms with Gasteiger partial charge < -0.3 is 10.2 Å². The lowest BCUT2D eigenvalue weighted by Gasteiger charge is -2.12. The van der Waals surface area contributed by atoms with Gasteiger partial charge in [0, 0.05) is 41.4 Å². The highest BCUT2D eigenvalue weighted by atomic mass is 35.5. The van der Waals surface area contributed by atoms with Crippen LogP contribution in [-0.2, 0) is 21.2 Å². The molecule has 0 aliphatic heterocycles. The summed E-state index contributed by atoms with van der Waals surface area (Å²) in [5, 5.41) is 3.02. The highest BCUT2D eigenvalue weighted by Crippen LogP contribution is 2.33. The number of anilines is 2. The second kappa shape index (κ2) is 9.90. The van der Waals surface area contributed by atoms with Gasteiger partial charge in [0.1, 0.15) is 0 Å². The Labute approximate surface area is 201 Å². The number of pyridine rings is 1. The molecule has 3 rings (SSSR count). The number of aryl methyl sites for hydroxylation is 1. The van der Waals surface area contributed by atoms with Crippen LogP contribution in [0.25, 0.3) is 11.3 Å². The van der Waals surface area contributed by atoms with E-state index in [9.17, 15) is 18.0 Å². The summed E-state index contributed by atoms with van der Waals surface area (Å²) in [6.45, 7) is 1.89. The van der Waals surface area contributed by atoms with E-state index in [2.05, 4.69) is 15.0 Å². The molecule has 174 valence electrons. The molecule has 2 amide bonds. The minimum atomic E-state index is -3.50. The van der Waals surface area contributed by atoms with Gasteiger partial charge in [0.2, 0.25) is 15.9 Å². The van der Waals surface area contributed by atoms with Crippen LogP contribution in [0.2, 0.25) is 5.02 Å². The van der Waals surface area contributed by atoms with Crippen LogP contribution in [0.4, 0.5) is 11.4 Å². The summed E-state index contributed by atoms with van der Waals surface area (Å²) < 4.78 is 25.3. The van der Waals surface area contributed by atoms with E-state index in [1.165, 1.54) is 34.4 Å². The number of likely N-dealkylation sites (N-methyl/N-ethyl adjacent to an activating group) is 1. The Hall–Kier alpha value is -2.95. The van der Waals surface area contributed by atoms with Gasteiger partial charge in [0.05, 0.1) is 28.9 Å². The van der Waals surface area contributed by atoms with Crippen molar-refractivity contribution in [2.24, 2.45) is 0 Å². The molecule has 0 unspecified atom stereocenters. The van der Waals surface area contributed by atoms with Crippen molar-refractivity contribution in [1.29, 1.82) is 0 Å². The fourth-order valence-corrected chi connectivity index (χ4v) is 4.80. The van der Waals surface area contributed by atoms with E-state index in [1.54, 1.807) is 32.4 Å². The maximum atomic E-state index is 12.9. The third-order valence-corrected chi connectivity index (χ3v) is 6.46. The maximum Gasteiger partial charge on any atom is 0.265 e. The Bertz CT molecular complexity index is 1320. The third-order valence-electron chi connectivity index (χ3n) is 4.59. The fraction of sp³-hybridized carbons (Fsp3) is 0.227. The van der Waals surface area contributed by atoms with Gasteiger partial charge in [-0.15, -0.1) is 11.3 Å². The number of halogens is 1. The number of benzene rings is 1. The second-order valence-corrected chi connectivity index (χ2v) is 11.1. The zero-order valence-electron chi connectivity index (χ0n) is 18.5. The van der Waals surface area contributed by atoms with E-state index in [-0.39, 0.29) is 28.9 Å². The van der Waals surface area contributed by atoms with Gasteiger partial charge in [-0.2, -0.15) is 0 Å². The van der Waals surface area contributed by atoms with Gasteiger partial charge in [-0.05, 0) is 42.8 Å². The average Bonchev–Trinajstić information content (AvgIpc) is 3.08. The Kier molecular flexibility index (Phi) is 7.41. The fourth-order valence-electron chi connectivity index (χ4n) is 3.10. The minimum absolute atomic E-state index is 0.0467. The highest BCUT2D eigenvalue weighted by Gasteiger charge is 2.19. The molecule has 0 aliphatic rings. The number of nitrogens with zero attached hydrogens (tertiary/aromatic N) is 2. The molecule has 0 bridgehead atoms. The van der Waals surface area contributed by atoms with Crippen molar-refractivity contribution in [1.82, 2.24) is 9.88 Å².